The van der Waals surface area contributed by atoms with Crippen molar-refractivity contribution >= 4 is 31.9 Å². The number of carbonyl (C=O) groups excluding carboxylic acids is 3. The standard InChI is InChI=1S/C19H22F2N3O6P/c1-10-15(17(25)19(27)22-7-4-8-30-31(28)29)11(2)24(3)16(10)18(26)23-12-5-6-13(20)14(21)9-12/h5-6,9,28-29H,4,7-8H2,1-3H3,(H,22,27)(H,23,26). The summed E-state index contributed by atoms with van der Waals surface area (Å²) in [7, 11) is -0.940. The number of amides is 2. The number of nitrogens with zero attached hydrogens (tertiary/aromatic N) is 1. The highest BCUT2D eigenvalue weighted by molar-refractivity contribution is 7.39. The molecule has 0 aliphatic carbocycles. The highest BCUT2D eigenvalue weighted by atomic mass is 31.2. The SMILES string of the molecule is Cc1c(C(=O)C(=O)NCCCOP(O)O)c(C)n(C)c1C(=O)Nc1ccc(F)c(F)c1. The van der Waals surface area contributed by atoms with E-state index in [1.54, 1.807) is 6.92 Å². The number of ketones is 1. The Labute approximate surface area is 178 Å². The first-order chi connectivity index (χ1) is 14.5. The van der Waals surface area contributed by atoms with E-state index in [0.717, 1.165) is 12.1 Å². The van der Waals surface area contributed by atoms with E-state index in [2.05, 4.69) is 15.2 Å². The summed E-state index contributed by atoms with van der Waals surface area (Å²) in [6.07, 6.45) is 0.258. The summed E-state index contributed by atoms with van der Waals surface area (Å²) in [5, 5.41) is 4.85. The fourth-order valence-corrected chi connectivity index (χ4v) is 3.30. The first-order valence-corrected chi connectivity index (χ1v) is 10.3. The van der Waals surface area contributed by atoms with Gasteiger partial charge in [0.1, 0.15) is 5.69 Å². The van der Waals surface area contributed by atoms with Gasteiger partial charge in [0.05, 0.1) is 12.2 Å². The molecule has 12 heteroatoms. The number of aromatic nitrogens is 1. The van der Waals surface area contributed by atoms with Crippen molar-refractivity contribution in [3.63, 3.8) is 0 Å². The number of rotatable bonds is 9. The number of carbonyl (C=O) groups is 3. The average molecular weight is 457 g/mol. The third-order valence-electron chi connectivity index (χ3n) is 4.57. The molecule has 1 heterocycles. The molecule has 4 N–H and O–H groups in total. The molecule has 31 heavy (non-hydrogen) atoms. The number of nitrogens with one attached hydrogen (secondary N) is 2. The predicted molar refractivity (Wildman–Crippen MR) is 108 cm³/mol. The number of hydrogen-bond acceptors (Lipinski definition) is 6. The maximum absolute atomic E-state index is 13.4. The van der Waals surface area contributed by atoms with Crippen molar-refractivity contribution in [2.45, 2.75) is 20.3 Å². The largest absolute Gasteiger partial charge is 0.349 e. The molecule has 2 amide bonds. The maximum atomic E-state index is 13.4. The lowest BCUT2D eigenvalue weighted by Crippen LogP contribution is -2.32. The van der Waals surface area contributed by atoms with Crippen LogP contribution in [0.5, 0.6) is 0 Å². The molecule has 2 aromatic rings. The minimum absolute atomic E-state index is 0.00906. The van der Waals surface area contributed by atoms with Gasteiger partial charge >= 0.3 is 8.60 Å². The van der Waals surface area contributed by atoms with Gasteiger partial charge in [-0.3, -0.25) is 14.4 Å². The smallest absolute Gasteiger partial charge is 0.327 e. The van der Waals surface area contributed by atoms with Crippen molar-refractivity contribution in [2.75, 3.05) is 18.5 Å². The fourth-order valence-electron chi connectivity index (χ4n) is 3.01. The van der Waals surface area contributed by atoms with E-state index in [-0.39, 0.29) is 42.1 Å². The number of anilines is 1. The van der Waals surface area contributed by atoms with Crippen molar-refractivity contribution in [1.29, 1.82) is 0 Å². The molecule has 0 bridgehead atoms. The lowest BCUT2D eigenvalue weighted by atomic mass is 10.0. The maximum Gasteiger partial charge on any atom is 0.327 e. The summed E-state index contributed by atoms with van der Waals surface area (Å²) in [5.41, 5.74) is 0.814. The second-order valence-corrected chi connectivity index (χ2v) is 7.36. The topological polar surface area (TPSA) is 130 Å². The van der Waals surface area contributed by atoms with Gasteiger partial charge in [0, 0.05) is 31.0 Å². The third-order valence-corrected chi connectivity index (χ3v) is 4.98. The summed E-state index contributed by atoms with van der Waals surface area (Å²) in [5.74, 6) is -4.56. The van der Waals surface area contributed by atoms with Gasteiger partial charge in [0.2, 0.25) is 0 Å². The van der Waals surface area contributed by atoms with Crippen LogP contribution in [0.2, 0.25) is 0 Å². The quantitative estimate of drug-likeness (QED) is 0.198. The van der Waals surface area contributed by atoms with E-state index in [1.807, 2.05) is 0 Å². The van der Waals surface area contributed by atoms with Crippen LogP contribution in [0.4, 0.5) is 14.5 Å². The lowest BCUT2D eigenvalue weighted by Gasteiger charge is -2.08. The van der Waals surface area contributed by atoms with Crippen LogP contribution in [0.15, 0.2) is 18.2 Å². The number of benzene rings is 1. The monoisotopic (exact) mass is 457 g/mol. The van der Waals surface area contributed by atoms with E-state index in [4.69, 9.17) is 9.79 Å². The summed E-state index contributed by atoms with van der Waals surface area (Å²) in [4.78, 5) is 54.8. The van der Waals surface area contributed by atoms with E-state index in [1.165, 1.54) is 24.6 Å². The Morgan fingerprint density at radius 2 is 1.84 bits per heavy atom. The van der Waals surface area contributed by atoms with Crippen LogP contribution in [0, 0.1) is 25.5 Å². The first-order valence-electron chi connectivity index (χ1n) is 9.10. The first kappa shape index (κ1) is 24.5. The molecule has 0 aliphatic heterocycles. The Morgan fingerprint density at radius 3 is 2.45 bits per heavy atom. The van der Waals surface area contributed by atoms with Crippen LogP contribution in [-0.2, 0) is 16.4 Å². The second kappa shape index (κ2) is 10.5. The van der Waals surface area contributed by atoms with Gasteiger partial charge in [-0.25, -0.2) is 8.78 Å². The van der Waals surface area contributed by atoms with Crippen LogP contribution < -0.4 is 10.6 Å². The van der Waals surface area contributed by atoms with Crippen molar-refractivity contribution in [3.05, 3.63) is 52.3 Å². The molecular formula is C19H22F2N3O6P. The zero-order valence-corrected chi connectivity index (χ0v) is 17.9. The summed E-state index contributed by atoms with van der Waals surface area (Å²) in [6.45, 7) is 3.14. The van der Waals surface area contributed by atoms with Crippen LogP contribution in [-0.4, -0.2) is 45.1 Å². The fraction of sp³-hybridized carbons (Fsp3) is 0.316. The zero-order valence-electron chi connectivity index (χ0n) is 17.0. The van der Waals surface area contributed by atoms with E-state index < -0.39 is 37.8 Å². The van der Waals surface area contributed by atoms with Crippen LogP contribution >= 0.6 is 8.60 Å². The van der Waals surface area contributed by atoms with Crippen molar-refractivity contribution in [3.8, 4) is 0 Å². The van der Waals surface area contributed by atoms with Crippen LogP contribution in [0.3, 0.4) is 0 Å². The summed E-state index contributed by atoms with van der Waals surface area (Å²) >= 11 is 0. The Bertz CT molecular complexity index is 1010. The minimum atomic E-state index is -2.48. The molecule has 0 unspecified atom stereocenters. The van der Waals surface area contributed by atoms with Gasteiger partial charge < -0.3 is 29.5 Å². The summed E-state index contributed by atoms with van der Waals surface area (Å²) in [6, 6.07) is 2.90. The molecule has 0 atom stereocenters. The molecule has 0 radical (unpaired) electrons. The highest BCUT2D eigenvalue weighted by Crippen LogP contribution is 2.24. The second-order valence-electron chi connectivity index (χ2n) is 6.60. The molecular weight excluding hydrogens is 435 g/mol. The lowest BCUT2D eigenvalue weighted by molar-refractivity contribution is -0.117. The van der Waals surface area contributed by atoms with Crippen molar-refractivity contribution < 1.29 is 37.5 Å². The molecule has 0 aliphatic rings. The van der Waals surface area contributed by atoms with Gasteiger partial charge in [-0.1, -0.05) is 0 Å². The molecule has 0 saturated carbocycles. The van der Waals surface area contributed by atoms with Crippen molar-refractivity contribution in [1.82, 2.24) is 9.88 Å². The Hall–Kier alpha value is -2.72. The zero-order chi connectivity index (χ0) is 23.3. The van der Waals surface area contributed by atoms with Crippen LogP contribution in [0.25, 0.3) is 0 Å². The van der Waals surface area contributed by atoms with Gasteiger partial charge in [0.15, 0.2) is 11.6 Å². The van der Waals surface area contributed by atoms with E-state index >= 15 is 0 Å². The molecule has 1 aromatic carbocycles. The Balaban J connectivity index is 2.15. The number of hydrogen-bond donors (Lipinski definition) is 4. The molecule has 0 spiro atoms. The molecule has 0 saturated heterocycles. The molecule has 2 rings (SSSR count). The van der Waals surface area contributed by atoms with E-state index in [9.17, 15) is 23.2 Å². The minimum Gasteiger partial charge on any atom is -0.349 e. The molecule has 168 valence electrons. The normalized spacial score (nSPS) is 11.0. The van der Waals surface area contributed by atoms with Crippen LogP contribution in [0.1, 0.15) is 38.5 Å². The molecule has 9 nitrogen and oxygen atoms in total. The van der Waals surface area contributed by atoms with Gasteiger partial charge in [-0.15, -0.1) is 0 Å². The molecule has 1 aromatic heterocycles. The van der Waals surface area contributed by atoms with Crippen molar-refractivity contribution in [2.24, 2.45) is 7.05 Å². The highest BCUT2D eigenvalue weighted by Gasteiger charge is 2.28. The Kier molecular flexibility index (Phi) is 8.35. The Morgan fingerprint density at radius 1 is 1.16 bits per heavy atom. The van der Waals surface area contributed by atoms with Gasteiger partial charge in [-0.2, -0.15) is 0 Å². The van der Waals surface area contributed by atoms with Gasteiger partial charge in [0.25, 0.3) is 17.6 Å². The van der Waals surface area contributed by atoms with Gasteiger partial charge in [-0.05, 0) is 38.0 Å². The third kappa shape index (κ3) is 5.92. The summed E-state index contributed by atoms with van der Waals surface area (Å²) < 4.78 is 32.5. The number of Topliss-reactive ketones (excluding diaryl/α,β-unsaturated/α-hetero) is 1. The predicted octanol–water partition coefficient (Wildman–Crippen LogP) is 2.09. The number of halogens is 2. The molecule has 0 fully saturated rings. The van der Waals surface area contributed by atoms with E-state index in [0.29, 0.717) is 5.69 Å². The average Bonchev–Trinajstić information content (AvgIpc) is 2.92.